The third kappa shape index (κ3) is 2.38. The maximum Gasteiger partial charge on any atom is 0.380 e. The minimum Gasteiger partial charge on any atom is -0.423 e. The van der Waals surface area contributed by atoms with Crippen molar-refractivity contribution in [3.63, 3.8) is 0 Å². The van der Waals surface area contributed by atoms with Crippen LogP contribution in [0.3, 0.4) is 0 Å². The summed E-state index contributed by atoms with van der Waals surface area (Å²) in [6.07, 6.45) is 0. The van der Waals surface area contributed by atoms with E-state index >= 15 is 0 Å². The molecule has 0 spiro atoms. The van der Waals surface area contributed by atoms with Gasteiger partial charge in [0.15, 0.2) is 0 Å². The van der Waals surface area contributed by atoms with E-state index in [0.717, 1.165) is 0 Å². The van der Waals surface area contributed by atoms with Crippen LogP contribution < -0.4 is 14.9 Å². The van der Waals surface area contributed by atoms with Crippen LogP contribution in [-0.2, 0) is 10.3 Å². The molecule has 16 heavy (non-hydrogen) atoms. The first-order valence-electron chi connectivity index (χ1n) is 4.20. The van der Waals surface area contributed by atoms with Crippen LogP contribution >= 0.6 is 0 Å². The fourth-order valence-electron chi connectivity index (χ4n) is 1.23. The van der Waals surface area contributed by atoms with Gasteiger partial charge in [0, 0.05) is 17.5 Å². The molecule has 0 saturated carbocycles. The molecule has 0 amide bonds. The number of rotatable bonds is 2. The van der Waals surface area contributed by atoms with Gasteiger partial charge in [-0.05, 0) is 18.2 Å². The molecule has 1 aromatic carbocycles. The van der Waals surface area contributed by atoms with Crippen LogP contribution in [0, 0.1) is 0 Å². The van der Waals surface area contributed by atoms with Gasteiger partial charge in [0.25, 0.3) is 0 Å². The van der Waals surface area contributed by atoms with Crippen LogP contribution in [0.4, 0.5) is 0 Å². The Bertz CT molecular complexity index is 688. The second-order valence-electron chi connectivity index (χ2n) is 3.03. The zero-order chi connectivity index (χ0) is 11.8. The number of hydrogen-bond acceptors (Lipinski definition) is 5. The highest BCUT2D eigenvalue weighted by molar-refractivity contribution is 7.84. The lowest BCUT2D eigenvalue weighted by molar-refractivity contribution is 0.486. The normalized spacial score (nSPS) is 11.6. The van der Waals surface area contributed by atoms with Gasteiger partial charge >= 0.3 is 15.9 Å². The van der Waals surface area contributed by atoms with Gasteiger partial charge in [-0.2, -0.15) is 13.6 Å². The molecule has 2 N–H and O–H groups in total. The predicted octanol–water partition coefficient (Wildman–Crippen LogP) is 0.375. The Morgan fingerprint density at radius 3 is 2.56 bits per heavy atom. The molecule has 1 aromatic heterocycles. The first-order valence-corrected chi connectivity index (χ1v) is 5.67. The Labute approximate surface area is 90.5 Å². The molecule has 0 unspecified atom stereocenters. The molecule has 2 rings (SSSR count). The number of fused-ring (bicyclic) bond motifs is 1. The summed E-state index contributed by atoms with van der Waals surface area (Å²) in [4.78, 5) is 10.9. The van der Waals surface area contributed by atoms with Crippen molar-refractivity contribution in [3.05, 3.63) is 40.8 Å². The maximum atomic E-state index is 10.9. The molecular formula is C9H7NO5S. The molecule has 0 fully saturated rings. The van der Waals surface area contributed by atoms with Crippen molar-refractivity contribution >= 4 is 21.3 Å². The Balaban J connectivity index is 2.55. The number of nitrogens with two attached hydrogens (primary N) is 1. The molecule has 0 atom stereocenters. The van der Waals surface area contributed by atoms with Crippen LogP contribution in [-0.4, -0.2) is 8.42 Å². The maximum absolute atomic E-state index is 10.9. The fourth-order valence-corrected chi connectivity index (χ4v) is 1.60. The Morgan fingerprint density at radius 2 is 1.88 bits per heavy atom. The highest BCUT2D eigenvalue weighted by atomic mass is 32.2. The summed E-state index contributed by atoms with van der Waals surface area (Å²) < 4.78 is 30.6. The van der Waals surface area contributed by atoms with Crippen molar-refractivity contribution in [2.24, 2.45) is 5.14 Å². The second-order valence-corrected chi connectivity index (χ2v) is 4.18. The van der Waals surface area contributed by atoms with E-state index in [1.165, 1.54) is 18.2 Å². The summed E-state index contributed by atoms with van der Waals surface area (Å²) >= 11 is 0. The van der Waals surface area contributed by atoms with E-state index in [0.29, 0.717) is 5.39 Å². The van der Waals surface area contributed by atoms with Crippen molar-refractivity contribution in [2.45, 2.75) is 0 Å². The number of benzene rings is 1. The lowest BCUT2D eigenvalue weighted by atomic mass is 10.2. The van der Waals surface area contributed by atoms with Crippen LogP contribution in [0.5, 0.6) is 5.75 Å². The number of hydrogen-bond donors (Lipinski definition) is 1. The SMILES string of the molecule is NS(=O)(=O)Oc1ccc2ccc(=O)oc2c1. The molecule has 2 aromatic rings. The van der Waals surface area contributed by atoms with E-state index in [1.807, 2.05) is 0 Å². The van der Waals surface area contributed by atoms with E-state index in [4.69, 9.17) is 9.56 Å². The summed E-state index contributed by atoms with van der Waals surface area (Å²) in [7, 11) is -4.08. The fraction of sp³-hybridized carbons (Fsp3) is 0. The summed E-state index contributed by atoms with van der Waals surface area (Å²) in [6.45, 7) is 0. The topological polar surface area (TPSA) is 99.6 Å². The first kappa shape index (κ1) is 10.7. The van der Waals surface area contributed by atoms with Crippen molar-refractivity contribution in [3.8, 4) is 5.75 Å². The second kappa shape index (κ2) is 3.62. The smallest absolute Gasteiger partial charge is 0.380 e. The van der Waals surface area contributed by atoms with Crippen molar-refractivity contribution in [2.75, 3.05) is 0 Å². The molecule has 1 heterocycles. The average molecular weight is 241 g/mol. The molecule has 0 bridgehead atoms. The highest BCUT2D eigenvalue weighted by Gasteiger charge is 2.06. The van der Waals surface area contributed by atoms with E-state index in [2.05, 4.69) is 4.18 Å². The zero-order valence-electron chi connectivity index (χ0n) is 7.91. The van der Waals surface area contributed by atoms with Crippen LogP contribution in [0.2, 0.25) is 0 Å². The van der Waals surface area contributed by atoms with Crippen molar-refractivity contribution in [1.29, 1.82) is 0 Å². The van der Waals surface area contributed by atoms with Gasteiger partial charge in [-0.1, -0.05) is 0 Å². The molecule has 0 aliphatic heterocycles. The van der Waals surface area contributed by atoms with Crippen LogP contribution in [0.25, 0.3) is 11.0 Å². The Hall–Kier alpha value is -1.86. The summed E-state index contributed by atoms with van der Waals surface area (Å²) in [5, 5.41) is 5.35. The van der Waals surface area contributed by atoms with Crippen molar-refractivity contribution in [1.82, 2.24) is 0 Å². The summed E-state index contributed by atoms with van der Waals surface area (Å²) in [5.41, 5.74) is -0.297. The first-order chi connectivity index (χ1) is 7.44. The van der Waals surface area contributed by atoms with Gasteiger partial charge in [0.2, 0.25) is 0 Å². The van der Waals surface area contributed by atoms with Crippen LogP contribution in [0.1, 0.15) is 0 Å². The molecule has 0 radical (unpaired) electrons. The van der Waals surface area contributed by atoms with Gasteiger partial charge in [0.1, 0.15) is 11.3 Å². The quantitative estimate of drug-likeness (QED) is 0.766. The highest BCUT2D eigenvalue weighted by Crippen LogP contribution is 2.19. The molecule has 0 aliphatic rings. The third-order valence-corrected chi connectivity index (χ3v) is 2.23. The largest absolute Gasteiger partial charge is 0.423 e. The molecule has 6 nitrogen and oxygen atoms in total. The molecular weight excluding hydrogens is 234 g/mol. The monoisotopic (exact) mass is 241 g/mol. The molecule has 7 heteroatoms. The van der Waals surface area contributed by atoms with E-state index in [1.54, 1.807) is 12.1 Å². The van der Waals surface area contributed by atoms with E-state index in [-0.39, 0.29) is 11.3 Å². The minimum atomic E-state index is -4.08. The van der Waals surface area contributed by atoms with Crippen LogP contribution in [0.15, 0.2) is 39.5 Å². The molecule has 0 aliphatic carbocycles. The Morgan fingerprint density at radius 1 is 1.19 bits per heavy atom. The Kier molecular flexibility index (Phi) is 2.41. The minimum absolute atomic E-state index is 0.00986. The molecule has 84 valence electrons. The van der Waals surface area contributed by atoms with Crippen molar-refractivity contribution < 1.29 is 17.0 Å². The lowest BCUT2D eigenvalue weighted by Crippen LogP contribution is -2.18. The van der Waals surface area contributed by atoms with Gasteiger partial charge in [-0.15, -0.1) is 0 Å². The summed E-state index contributed by atoms with van der Waals surface area (Å²) in [6, 6.07) is 7.07. The average Bonchev–Trinajstić information content (AvgIpc) is 2.14. The molecule has 0 saturated heterocycles. The van der Waals surface area contributed by atoms with Gasteiger partial charge < -0.3 is 8.60 Å². The zero-order valence-corrected chi connectivity index (χ0v) is 8.73. The van der Waals surface area contributed by atoms with Gasteiger partial charge in [-0.3, -0.25) is 0 Å². The predicted molar refractivity (Wildman–Crippen MR) is 56.2 cm³/mol. The standard InChI is InChI=1S/C9H7NO5S/c10-16(12,13)15-7-3-1-6-2-4-9(11)14-8(6)5-7/h1-5H,(H2,10,12,13). The van der Waals surface area contributed by atoms with Gasteiger partial charge in [-0.25, -0.2) is 4.79 Å². The summed E-state index contributed by atoms with van der Waals surface area (Å²) in [5.74, 6) is -0.00986. The van der Waals surface area contributed by atoms with E-state index in [9.17, 15) is 13.2 Å². The third-order valence-electron chi connectivity index (χ3n) is 1.81. The van der Waals surface area contributed by atoms with Gasteiger partial charge in [0.05, 0.1) is 0 Å². The van der Waals surface area contributed by atoms with E-state index < -0.39 is 15.9 Å². The lowest BCUT2D eigenvalue weighted by Gasteiger charge is -2.02.